The van der Waals surface area contributed by atoms with Crippen LogP contribution in [0.25, 0.3) is 11.4 Å². The summed E-state index contributed by atoms with van der Waals surface area (Å²) in [5.74, 6) is 1.80. The van der Waals surface area contributed by atoms with Gasteiger partial charge in [0.15, 0.2) is 11.0 Å². The van der Waals surface area contributed by atoms with Gasteiger partial charge >= 0.3 is 0 Å². The summed E-state index contributed by atoms with van der Waals surface area (Å²) in [5, 5.41) is 18.4. The fourth-order valence-electron chi connectivity index (χ4n) is 1.96. The molecule has 2 heterocycles. The van der Waals surface area contributed by atoms with Crippen molar-refractivity contribution < 1.29 is 5.11 Å². The molecule has 0 aliphatic heterocycles. The van der Waals surface area contributed by atoms with E-state index in [0.29, 0.717) is 6.04 Å². The first-order valence-corrected chi connectivity index (χ1v) is 7.47. The molecular weight excluding hydrogens is 260 g/mol. The van der Waals surface area contributed by atoms with Gasteiger partial charge in [0.25, 0.3) is 0 Å². The quantitative estimate of drug-likeness (QED) is 0.647. The van der Waals surface area contributed by atoms with Crippen molar-refractivity contribution in [2.24, 2.45) is 0 Å². The highest BCUT2D eigenvalue weighted by molar-refractivity contribution is 7.99. The van der Waals surface area contributed by atoms with Crippen molar-refractivity contribution in [1.82, 2.24) is 19.7 Å². The van der Waals surface area contributed by atoms with E-state index in [2.05, 4.69) is 19.7 Å². The number of aromatic nitrogens is 4. The van der Waals surface area contributed by atoms with Gasteiger partial charge in [-0.3, -0.25) is 9.55 Å². The van der Waals surface area contributed by atoms with E-state index < -0.39 is 0 Å². The number of nitrogens with zero attached hydrogens (tertiary/aromatic N) is 4. The number of thioether (sulfide) groups is 1. The van der Waals surface area contributed by atoms with Crippen LogP contribution in [0.1, 0.15) is 25.3 Å². The molecule has 0 amide bonds. The fraction of sp³-hybridized carbons (Fsp3) is 0.462. The molecule has 1 fully saturated rings. The Morgan fingerprint density at radius 2 is 2.05 bits per heavy atom. The van der Waals surface area contributed by atoms with E-state index in [1.54, 1.807) is 24.2 Å². The minimum atomic E-state index is 0.224. The van der Waals surface area contributed by atoms with Gasteiger partial charge in [-0.2, -0.15) is 0 Å². The second-order valence-electron chi connectivity index (χ2n) is 4.57. The zero-order chi connectivity index (χ0) is 13.1. The molecule has 0 spiro atoms. The van der Waals surface area contributed by atoms with Gasteiger partial charge in [0.05, 0.1) is 0 Å². The summed E-state index contributed by atoms with van der Waals surface area (Å²) < 4.78 is 2.23. The standard InChI is InChI=1S/C13H16N4OS/c18-8-1-9-19-13-16-15-12(17(13)11-2-3-11)10-4-6-14-7-5-10/h4-7,11,18H,1-3,8-9H2. The van der Waals surface area contributed by atoms with Crippen LogP contribution in [0.3, 0.4) is 0 Å². The smallest absolute Gasteiger partial charge is 0.191 e. The number of aliphatic hydroxyl groups excluding tert-OH is 1. The first kappa shape index (κ1) is 12.6. The Hall–Kier alpha value is -1.40. The van der Waals surface area contributed by atoms with Gasteiger partial charge in [0.2, 0.25) is 0 Å². The number of hydrogen-bond acceptors (Lipinski definition) is 5. The second kappa shape index (κ2) is 5.71. The lowest BCUT2D eigenvalue weighted by Gasteiger charge is -2.08. The molecule has 1 aliphatic carbocycles. The molecule has 0 bridgehead atoms. The minimum absolute atomic E-state index is 0.224. The van der Waals surface area contributed by atoms with Crippen molar-refractivity contribution in [3.63, 3.8) is 0 Å². The first-order chi connectivity index (χ1) is 9.40. The average molecular weight is 276 g/mol. The Labute approximate surface area is 116 Å². The molecule has 100 valence electrons. The molecule has 0 atom stereocenters. The van der Waals surface area contributed by atoms with Crippen LogP contribution in [-0.4, -0.2) is 37.2 Å². The van der Waals surface area contributed by atoms with E-state index in [9.17, 15) is 0 Å². The lowest BCUT2D eigenvalue weighted by Crippen LogP contribution is -2.00. The van der Waals surface area contributed by atoms with Crippen molar-refractivity contribution in [3.05, 3.63) is 24.5 Å². The number of pyridine rings is 1. The summed E-state index contributed by atoms with van der Waals surface area (Å²) in [6, 6.07) is 4.46. The highest BCUT2D eigenvalue weighted by atomic mass is 32.2. The topological polar surface area (TPSA) is 63.8 Å². The van der Waals surface area contributed by atoms with Crippen molar-refractivity contribution in [1.29, 1.82) is 0 Å². The summed E-state index contributed by atoms with van der Waals surface area (Å²) in [5.41, 5.74) is 1.06. The predicted octanol–water partition coefficient (Wildman–Crippen LogP) is 2.15. The van der Waals surface area contributed by atoms with E-state index in [-0.39, 0.29) is 6.61 Å². The Kier molecular flexibility index (Phi) is 3.79. The molecule has 0 unspecified atom stereocenters. The monoisotopic (exact) mass is 276 g/mol. The molecule has 2 aromatic rings. The third kappa shape index (κ3) is 2.79. The Bertz CT molecular complexity index is 539. The van der Waals surface area contributed by atoms with Gasteiger partial charge in [-0.15, -0.1) is 10.2 Å². The van der Waals surface area contributed by atoms with Crippen LogP contribution in [0.15, 0.2) is 29.7 Å². The Balaban J connectivity index is 1.88. The maximum atomic E-state index is 8.86. The van der Waals surface area contributed by atoms with Crippen LogP contribution in [0.5, 0.6) is 0 Å². The normalized spacial score (nSPS) is 14.8. The van der Waals surface area contributed by atoms with Crippen LogP contribution < -0.4 is 0 Å². The molecule has 0 aromatic carbocycles. The number of rotatable bonds is 6. The molecule has 19 heavy (non-hydrogen) atoms. The maximum Gasteiger partial charge on any atom is 0.191 e. The van der Waals surface area contributed by atoms with Gasteiger partial charge in [-0.1, -0.05) is 11.8 Å². The lowest BCUT2D eigenvalue weighted by atomic mass is 10.2. The summed E-state index contributed by atoms with van der Waals surface area (Å²) in [6.07, 6.45) is 6.74. The van der Waals surface area contributed by atoms with Crippen molar-refractivity contribution in [3.8, 4) is 11.4 Å². The first-order valence-electron chi connectivity index (χ1n) is 6.49. The van der Waals surface area contributed by atoms with Crippen LogP contribution in [0.2, 0.25) is 0 Å². The summed E-state index contributed by atoms with van der Waals surface area (Å²) in [4.78, 5) is 4.04. The highest BCUT2D eigenvalue weighted by Gasteiger charge is 2.29. The molecule has 0 saturated heterocycles. The molecule has 6 heteroatoms. The van der Waals surface area contributed by atoms with Crippen molar-refractivity contribution in [2.75, 3.05) is 12.4 Å². The van der Waals surface area contributed by atoms with Crippen LogP contribution >= 0.6 is 11.8 Å². The maximum absolute atomic E-state index is 8.86. The predicted molar refractivity (Wildman–Crippen MR) is 74.0 cm³/mol. The van der Waals surface area contributed by atoms with Gasteiger partial charge in [0.1, 0.15) is 0 Å². The van der Waals surface area contributed by atoms with Crippen LogP contribution in [-0.2, 0) is 0 Å². The molecular formula is C13H16N4OS. The molecule has 1 saturated carbocycles. The number of hydrogen-bond donors (Lipinski definition) is 1. The zero-order valence-electron chi connectivity index (χ0n) is 10.6. The van der Waals surface area contributed by atoms with Gasteiger partial charge < -0.3 is 5.11 Å². The van der Waals surface area contributed by atoms with Crippen LogP contribution in [0, 0.1) is 0 Å². The van der Waals surface area contributed by atoms with E-state index in [4.69, 9.17) is 5.11 Å². The third-order valence-electron chi connectivity index (χ3n) is 3.05. The highest BCUT2D eigenvalue weighted by Crippen LogP contribution is 2.40. The Morgan fingerprint density at radius 1 is 1.26 bits per heavy atom. The summed E-state index contributed by atoms with van der Waals surface area (Å²) in [6.45, 7) is 0.224. The third-order valence-corrected chi connectivity index (χ3v) is 4.08. The zero-order valence-corrected chi connectivity index (χ0v) is 11.4. The van der Waals surface area contributed by atoms with Crippen molar-refractivity contribution >= 4 is 11.8 Å². The molecule has 5 nitrogen and oxygen atoms in total. The Morgan fingerprint density at radius 3 is 2.74 bits per heavy atom. The molecule has 3 rings (SSSR count). The lowest BCUT2D eigenvalue weighted by molar-refractivity contribution is 0.296. The minimum Gasteiger partial charge on any atom is -0.396 e. The number of aliphatic hydroxyl groups is 1. The van der Waals surface area contributed by atoms with Gasteiger partial charge in [0, 0.05) is 36.4 Å². The molecule has 0 radical (unpaired) electrons. The summed E-state index contributed by atoms with van der Waals surface area (Å²) >= 11 is 1.67. The fourth-order valence-corrected chi connectivity index (χ4v) is 2.89. The van der Waals surface area contributed by atoms with E-state index in [1.165, 1.54) is 12.8 Å². The van der Waals surface area contributed by atoms with E-state index >= 15 is 0 Å². The van der Waals surface area contributed by atoms with Crippen molar-refractivity contribution in [2.45, 2.75) is 30.5 Å². The second-order valence-corrected chi connectivity index (χ2v) is 5.63. The molecule has 1 aliphatic rings. The van der Waals surface area contributed by atoms with Gasteiger partial charge in [-0.05, 0) is 31.4 Å². The molecule has 2 aromatic heterocycles. The summed E-state index contributed by atoms with van der Waals surface area (Å²) in [7, 11) is 0. The van der Waals surface area contributed by atoms with Crippen LogP contribution in [0.4, 0.5) is 0 Å². The van der Waals surface area contributed by atoms with Gasteiger partial charge in [-0.25, -0.2) is 0 Å². The van der Waals surface area contributed by atoms with E-state index in [1.807, 2.05) is 12.1 Å². The molecule has 1 N–H and O–H groups in total. The van der Waals surface area contributed by atoms with E-state index in [0.717, 1.165) is 28.7 Å². The average Bonchev–Trinajstić information content (AvgIpc) is 3.21. The SMILES string of the molecule is OCCCSc1nnc(-c2ccncc2)n1C1CC1. The largest absolute Gasteiger partial charge is 0.396 e.